The van der Waals surface area contributed by atoms with Gasteiger partial charge in [0.15, 0.2) is 17.3 Å². The molecule has 0 atom stereocenters. The summed E-state index contributed by atoms with van der Waals surface area (Å²) in [5.74, 6) is 1.45. The van der Waals surface area contributed by atoms with Crippen molar-refractivity contribution in [3.8, 4) is 11.5 Å². The number of ketones is 1. The lowest BCUT2D eigenvalue weighted by Crippen LogP contribution is -2.16. The van der Waals surface area contributed by atoms with Crippen LogP contribution >= 0.6 is 12.4 Å². The lowest BCUT2D eigenvalue weighted by atomic mass is 10.1. The second-order valence-electron chi connectivity index (χ2n) is 4.50. The standard InChI is InChI=1S/C15H23NO3.ClH/c1-5-18-14-8-7-12(11-15(14)19-6-2)13(17)9-10-16(3)4;/h7-8,11H,5-6,9-10H2,1-4H3;1H. The van der Waals surface area contributed by atoms with Crippen LogP contribution in [0.2, 0.25) is 0 Å². The molecule has 0 aromatic heterocycles. The van der Waals surface area contributed by atoms with E-state index in [1.807, 2.05) is 32.8 Å². The van der Waals surface area contributed by atoms with Crippen molar-refractivity contribution in [2.24, 2.45) is 0 Å². The molecule has 1 rings (SSSR count). The topological polar surface area (TPSA) is 38.8 Å². The minimum absolute atomic E-state index is 0. The fourth-order valence-corrected chi connectivity index (χ4v) is 1.69. The van der Waals surface area contributed by atoms with E-state index in [0.717, 1.165) is 6.54 Å². The highest BCUT2D eigenvalue weighted by molar-refractivity contribution is 5.96. The number of carbonyl (C=O) groups excluding carboxylic acids is 1. The summed E-state index contributed by atoms with van der Waals surface area (Å²) in [7, 11) is 3.91. The van der Waals surface area contributed by atoms with Crippen LogP contribution in [0.5, 0.6) is 11.5 Å². The van der Waals surface area contributed by atoms with Gasteiger partial charge in [-0.25, -0.2) is 0 Å². The van der Waals surface area contributed by atoms with Gasteiger partial charge in [0.25, 0.3) is 0 Å². The number of hydrogen-bond acceptors (Lipinski definition) is 4. The molecule has 114 valence electrons. The third kappa shape index (κ3) is 5.80. The van der Waals surface area contributed by atoms with Crippen LogP contribution in [-0.2, 0) is 0 Å². The number of Topliss-reactive ketones (excluding diaryl/α,β-unsaturated/α-hetero) is 1. The molecular weight excluding hydrogens is 278 g/mol. The zero-order chi connectivity index (χ0) is 14.3. The maximum atomic E-state index is 12.1. The van der Waals surface area contributed by atoms with Crippen LogP contribution in [-0.4, -0.2) is 44.5 Å². The van der Waals surface area contributed by atoms with Crippen LogP contribution in [0.15, 0.2) is 18.2 Å². The highest BCUT2D eigenvalue weighted by Gasteiger charge is 2.11. The summed E-state index contributed by atoms with van der Waals surface area (Å²) < 4.78 is 11.0. The van der Waals surface area contributed by atoms with E-state index in [-0.39, 0.29) is 18.2 Å². The van der Waals surface area contributed by atoms with Crippen LogP contribution in [0.4, 0.5) is 0 Å². The average molecular weight is 302 g/mol. The zero-order valence-electron chi connectivity index (χ0n) is 12.6. The van der Waals surface area contributed by atoms with Gasteiger partial charge in [-0.15, -0.1) is 12.4 Å². The Hall–Kier alpha value is -1.26. The van der Waals surface area contributed by atoms with Crippen molar-refractivity contribution < 1.29 is 14.3 Å². The van der Waals surface area contributed by atoms with Crippen LogP contribution in [0.1, 0.15) is 30.6 Å². The van der Waals surface area contributed by atoms with Crippen molar-refractivity contribution in [3.63, 3.8) is 0 Å². The van der Waals surface area contributed by atoms with Crippen LogP contribution < -0.4 is 9.47 Å². The Bertz CT molecular complexity index is 422. The van der Waals surface area contributed by atoms with Gasteiger partial charge in [0, 0.05) is 18.5 Å². The summed E-state index contributed by atoms with van der Waals surface area (Å²) in [5.41, 5.74) is 0.675. The second kappa shape index (κ2) is 9.61. The average Bonchev–Trinajstić information content (AvgIpc) is 2.38. The SMILES string of the molecule is CCOc1ccc(C(=O)CCN(C)C)cc1OCC.Cl. The van der Waals surface area contributed by atoms with Crippen molar-refractivity contribution in [2.75, 3.05) is 33.9 Å². The van der Waals surface area contributed by atoms with Crippen molar-refractivity contribution in [1.29, 1.82) is 0 Å². The Labute approximate surface area is 127 Å². The first-order valence-corrected chi connectivity index (χ1v) is 6.66. The number of benzene rings is 1. The Morgan fingerprint density at radius 2 is 1.70 bits per heavy atom. The number of rotatable bonds is 8. The Balaban J connectivity index is 0.00000361. The molecule has 0 heterocycles. The maximum absolute atomic E-state index is 12.1. The van der Waals surface area contributed by atoms with E-state index >= 15 is 0 Å². The molecule has 4 nitrogen and oxygen atoms in total. The van der Waals surface area contributed by atoms with Crippen LogP contribution in [0.3, 0.4) is 0 Å². The first-order chi connectivity index (χ1) is 9.08. The molecule has 0 aliphatic heterocycles. The molecule has 0 fully saturated rings. The molecule has 0 aliphatic carbocycles. The lowest BCUT2D eigenvalue weighted by Gasteiger charge is -2.13. The smallest absolute Gasteiger partial charge is 0.164 e. The van der Waals surface area contributed by atoms with E-state index in [2.05, 4.69) is 0 Å². The van der Waals surface area contributed by atoms with Gasteiger partial charge in [-0.05, 0) is 46.1 Å². The molecule has 0 unspecified atom stereocenters. The third-order valence-electron chi connectivity index (χ3n) is 2.65. The second-order valence-corrected chi connectivity index (χ2v) is 4.50. The summed E-state index contributed by atoms with van der Waals surface area (Å²) >= 11 is 0. The highest BCUT2D eigenvalue weighted by Crippen LogP contribution is 2.28. The number of hydrogen-bond donors (Lipinski definition) is 0. The molecule has 0 spiro atoms. The predicted molar refractivity (Wildman–Crippen MR) is 83.5 cm³/mol. The van der Waals surface area contributed by atoms with Crippen LogP contribution in [0, 0.1) is 0 Å². The Kier molecular flexibility index (Phi) is 9.01. The summed E-state index contributed by atoms with van der Waals surface area (Å²) in [6, 6.07) is 5.37. The van der Waals surface area contributed by atoms with E-state index in [1.54, 1.807) is 18.2 Å². The molecule has 20 heavy (non-hydrogen) atoms. The van der Waals surface area contributed by atoms with Crippen molar-refractivity contribution in [3.05, 3.63) is 23.8 Å². The number of carbonyl (C=O) groups is 1. The largest absolute Gasteiger partial charge is 0.490 e. The van der Waals surface area contributed by atoms with Gasteiger partial charge in [0.1, 0.15) is 0 Å². The summed E-state index contributed by atoms with van der Waals surface area (Å²) in [5, 5.41) is 0. The Morgan fingerprint density at radius 3 is 2.25 bits per heavy atom. The normalized spacial score (nSPS) is 10.1. The number of halogens is 1. The summed E-state index contributed by atoms with van der Waals surface area (Å²) in [4.78, 5) is 14.0. The van der Waals surface area contributed by atoms with Gasteiger partial charge in [-0.2, -0.15) is 0 Å². The minimum atomic E-state index is 0. The lowest BCUT2D eigenvalue weighted by molar-refractivity contribution is 0.0972. The number of ether oxygens (including phenoxy) is 2. The van der Waals surface area contributed by atoms with Crippen LogP contribution in [0.25, 0.3) is 0 Å². The Morgan fingerprint density at radius 1 is 1.10 bits per heavy atom. The zero-order valence-corrected chi connectivity index (χ0v) is 13.5. The molecule has 1 aromatic rings. The van der Waals surface area contributed by atoms with Gasteiger partial charge in [0.05, 0.1) is 13.2 Å². The van der Waals surface area contributed by atoms with Gasteiger partial charge in [0.2, 0.25) is 0 Å². The first-order valence-electron chi connectivity index (χ1n) is 6.66. The highest BCUT2D eigenvalue weighted by atomic mass is 35.5. The van der Waals surface area contributed by atoms with Crippen molar-refractivity contribution in [1.82, 2.24) is 4.90 Å². The van der Waals surface area contributed by atoms with Gasteiger partial charge in [-0.1, -0.05) is 0 Å². The molecule has 5 heteroatoms. The molecule has 0 amide bonds. The summed E-state index contributed by atoms with van der Waals surface area (Å²) in [6.07, 6.45) is 0.506. The van der Waals surface area contributed by atoms with Crippen molar-refractivity contribution in [2.45, 2.75) is 20.3 Å². The monoisotopic (exact) mass is 301 g/mol. The minimum Gasteiger partial charge on any atom is -0.490 e. The molecule has 0 saturated heterocycles. The fourth-order valence-electron chi connectivity index (χ4n) is 1.69. The molecule has 0 N–H and O–H groups in total. The molecule has 0 bridgehead atoms. The molecule has 0 radical (unpaired) electrons. The molecule has 0 aliphatic rings. The predicted octanol–water partition coefficient (Wildman–Crippen LogP) is 3.04. The van der Waals surface area contributed by atoms with E-state index < -0.39 is 0 Å². The van der Waals surface area contributed by atoms with E-state index in [4.69, 9.17) is 9.47 Å². The van der Waals surface area contributed by atoms with E-state index in [0.29, 0.717) is 36.7 Å². The first kappa shape index (κ1) is 18.7. The fraction of sp³-hybridized carbons (Fsp3) is 0.533. The quantitative estimate of drug-likeness (QED) is 0.692. The van der Waals surface area contributed by atoms with Crippen molar-refractivity contribution >= 4 is 18.2 Å². The van der Waals surface area contributed by atoms with Gasteiger partial charge < -0.3 is 14.4 Å². The van der Waals surface area contributed by atoms with E-state index in [9.17, 15) is 4.79 Å². The summed E-state index contributed by atoms with van der Waals surface area (Å²) in [6.45, 7) is 5.71. The number of nitrogens with zero attached hydrogens (tertiary/aromatic N) is 1. The molecule has 0 saturated carbocycles. The van der Waals surface area contributed by atoms with Gasteiger partial charge >= 0.3 is 0 Å². The van der Waals surface area contributed by atoms with Gasteiger partial charge in [-0.3, -0.25) is 4.79 Å². The van der Waals surface area contributed by atoms with E-state index in [1.165, 1.54) is 0 Å². The molecular formula is C15H24ClNO3. The molecule has 1 aromatic carbocycles. The third-order valence-corrected chi connectivity index (χ3v) is 2.65. The maximum Gasteiger partial charge on any atom is 0.164 e.